The molecule has 0 bridgehead atoms. The molecule has 0 aliphatic heterocycles. The van der Waals surface area contributed by atoms with Crippen LogP contribution < -0.4 is 5.32 Å². The summed E-state index contributed by atoms with van der Waals surface area (Å²) in [6.45, 7) is 0. The lowest BCUT2D eigenvalue weighted by atomic mass is 9.92. The highest BCUT2D eigenvalue weighted by Crippen LogP contribution is 2.23. The highest BCUT2D eigenvalue weighted by atomic mass is 35.5. The third kappa shape index (κ3) is 2.94. The number of aliphatic hydroxyl groups is 1. The molecule has 1 aromatic carbocycles. The van der Waals surface area contributed by atoms with Crippen molar-refractivity contribution in [3.05, 3.63) is 28.8 Å². The van der Waals surface area contributed by atoms with Gasteiger partial charge in [0.05, 0.1) is 22.7 Å². The van der Waals surface area contributed by atoms with Gasteiger partial charge in [0.15, 0.2) is 0 Å². The van der Waals surface area contributed by atoms with Crippen molar-refractivity contribution >= 4 is 17.5 Å². The summed E-state index contributed by atoms with van der Waals surface area (Å²) in [6, 6.07) is 3.99. The average molecular weight is 270 g/mol. The van der Waals surface area contributed by atoms with Crippen molar-refractivity contribution < 1.29 is 15.0 Å². The van der Waals surface area contributed by atoms with Crippen LogP contribution in [-0.4, -0.2) is 28.3 Å². The molecule has 1 aliphatic rings. The molecular formula is C13H16ClNO3. The van der Waals surface area contributed by atoms with E-state index in [9.17, 15) is 15.0 Å². The molecule has 0 heterocycles. The van der Waals surface area contributed by atoms with Crippen molar-refractivity contribution in [2.24, 2.45) is 0 Å². The topological polar surface area (TPSA) is 69.6 Å². The number of aromatic hydroxyl groups is 1. The van der Waals surface area contributed by atoms with Gasteiger partial charge in [0.1, 0.15) is 5.75 Å². The number of aliphatic hydroxyl groups excluding tert-OH is 1. The van der Waals surface area contributed by atoms with E-state index in [4.69, 9.17) is 11.6 Å². The van der Waals surface area contributed by atoms with E-state index in [-0.39, 0.29) is 28.3 Å². The average Bonchev–Trinajstić information content (AvgIpc) is 2.35. The number of nitrogens with one attached hydrogen (secondary N) is 1. The number of hydrogen-bond donors (Lipinski definition) is 3. The molecule has 4 nitrogen and oxygen atoms in total. The minimum absolute atomic E-state index is 0.00579. The zero-order chi connectivity index (χ0) is 13.1. The summed E-state index contributed by atoms with van der Waals surface area (Å²) in [4.78, 5) is 12.0. The minimum atomic E-state index is -0.501. The van der Waals surface area contributed by atoms with Gasteiger partial charge in [-0.05, 0) is 31.0 Å². The third-order valence-corrected chi connectivity index (χ3v) is 3.57. The fourth-order valence-electron chi connectivity index (χ4n) is 2.21. The van der Waals surface area contributed by atoms with Crippen LogP contribution in [0.25, 0.3) is 0 Å². The van der Waals surface area contributed by atoms with Gasteiger partial charge < -0.3 is 15.5 Å². The standard InChI is InChI=1S/C13H16ClNO3/c14-10-6-5-8(16)7-9(10)13(18)15-11-3-1-2-4-12(11)17/h5-7,11-12,16-17H,1-4H2,(H,15,18)/t11-,12-/m0/s1. The van der Waals surface area contributed by atoms with Gasteiger partial charge >= 0.3 is 0 Å². The molecule has 5 heteroatoms. The Labute approximate surface area is 111 Å². The molecule has 1 saturated carbocycles. The van der Waals surface area contributed by atoms with Crippen LogP contribution >= 0.6 is 11.6 Å². The van der Waals surface area contributed by atoms with Crippen LogP contribution in [0.4, 0.5) is 0 Å². The van der Waals surface area contributed by atoms with Crippen LogP contribution in [0.15, 0.2) is 18.2 Å². The number of amides is 1. The number of phenolic OH excluding ortho intramolecular Hbond substituents is 1. The molecule has 0 spiro atoms. The predicted molar refractivity (Wildman–Crippen MR) is 68.8 cm³/mol. The van der Waals surface area contributed by atoms with E-state index in [1.54, 1.807) is 0 Å². The number of rotatable bonds is 2. The van der Waals surface area contributed by atoms with Crippen LogP contribution in [-0.2, 0) is 0 Å². The Morgan fingerprint density at radius 2 is 2.06 bits per heavy atom. The summed E-state index contributed by atoms with van der Waals surface area (Å²) in [5.74, 6) is -0.365. The molecule has 1 amide bonds. The zero-order valence-electron chi connectivity index (χ0n) is 9.90. The van der Waals surface area contributed by atoms with Gasteiger partial charge in [-0.1, -0.05) is 24.4 Å². The fourth-order valence-corrected chi connectivity index (χ4v) is 2.42. The first-order valence-electron chi connectivity index (χ1n) is 6.05. The normalized spacial score (nSPS) is 23.7. The third-order valence-electron chi connectivity index (χ3n) is 3.24. The van der Waals surface area contributed by atoms with Crippen molar-refractivity contribution in [3.8, 4) is 5.75 Å². The van der Waals surface area contributed by atoms with Crippen LogP contribution in [0.3, 0.4) is 0 Å². The van der Waals surface area contributed by atoms with Crippen molar-refractivity contribution in [2.45, 2.75) is 37.8 Å². The second kappa shape index (κ2) is 5.59. The van der Waals surface area contributed by atoms with E-state index < -0.39 is 6.10 Å². The van der Waals surface area contributed by atoms with E-state index in [0.29, 0.717) is 6.42 Å². The monoisotopic (exact) mass is 269 g/mol. The quantitative estimate of drug-likeness (QED) is 0.770. The smallest absolute Gasteiger partial charge is 0.253 e. The summed E-state index contributed by atoms with van der Waals surface area (Å²) in [7, 11) is 0. The Kier molecular flexibility index (Phi) is 4.09. The van der Waals surface area contributed by atoms with E-state index in [2.05, 4.69) is 5.32 Å². The molecule has 0 aromatic heterocycles. The van der Waals surface area contributed by atoms with Crippen molar-refractivity contribution in [1.29, 1.82) is 0 Å². The molecule has 0 saturated heterocycles. The molecule has 1 aromatic rings. The molecule has 0 radical (unpaired) electrons. The predicted octanol–water partition coefficient (Wildman–Crippen LogP) is 2.08. The first-order chi connectivity index (χ1) is 8.58. The van der Waals surface area contributed by atoms with Crippen LogP contribution in [0.2, 0.25) is 5.02 Å². The molecule has 18 heavy (non-hydrogen) atoms. The lowest BCUT2D eigenvalue weighted by Crippen LogP contribution is -2.45. The summed E-state index contributed by atoms with van der Waals surface area (Å²) >= 11 is 5.91. The van der Waals surface area contributed by atoms with Gasteiger partial charge in [0.25, 0.3) is 5.91 Å². The Morgan fingerprint density at radius 3 is 2.78 bits per heavy atom. The molecule has 98 valence electrons. The van der Waals surface area contributed by atoms with Gasteiger partial charge in [-0.3, -0.25) is 4.79 Å². The van der Waals surface area contributed by atoms with Crippen LogP contribution in [0, 0.1) is 0 Å². The largest absolute Gasteiger partial charge is 0.508 e. The maximum Gasteiger partial charge on any atom is 0.253 e. The van der Waals surface area contributed by atoms with Crippen LogP contribution in [0.5, 0.6) is 5.75 Å². The number of phenols is 1. The SMILES string of the molecule is O=C(N[C@H]1CCCC[C@@H]1O)c1cc(O)ccc1Cl. The summed E-state index contributed by atoms with van der Waals surface area (Å²) < 4.78 is 0. The molecule has 3 N–H and O–H groups in total. The van der Waals surface area contributed by atoms with E-state index in [1.807, 2.05) is 0 Å². The van der Waals surface area contributed by atoms with Gasteiger partial charge in [-0.2, -0.15) is 0 Å². The maximum absolute atomic E-state index is 12.0. The number of carbonyl (C=O) groups is 1. The van der Waals surface area contributed by atoms with Crippen molar-refractivity contribution in [2.75, 3.05) is 0 Å². The van der Waals surface area contributed by atoms with E-state index in [0.717, 1.165) is 19.3 Å². The number of hydrogen-bond acceptors (Lipinski definition) is 3. The van der Waals surface area contributed by atoms with Crippen molar-refractivity contribution in [1.82, 2.24) is 5.32 Å². The lowest BCUT2D eigenvalue weighted by molar-refractivity contribution is 0.0717. The maximum atomic E-state index is 12.0. The minimum Gasteiger partial charge on any atom is -0.508 e. The van der Waals surface area contributed by atoms with Gasteiger partial charge in [0, 0.05) is 0 Å². The van der Waals surface area contributed by atoms with E-state index >= 15 is 0 Å². The van der Waals surface area contributed by atoms with Crippen molar-refractivity contribution in [3.63, 3.8) is 0 Å². The van der Waals surface area contributed by atoms with Gasteiger partial charge in [-0.25, -0.2) is 0 Å². The van der Waals surface area contributed by atoms with Gasteiger partial charge in [0.2, 0.25) is 0 Å². The summed E-state index contributed by atoms with van der Waals surface area (Å²) in [5, 5.41) is 22.2. The Bertz CT molecular complexity index is 450. The fraction of sp³-hybridized carbons (Fsp3) is 0.462. The lowest BCUT2D eigenvalue weighted by Gasteiger charge is -2.28. The molecule has 1 fully saturated rings. The number of benzene rings is 1. The van der Waals surface area contributed by atoms with Crippen LogP contribution in [0.1, 0.15) is 36.0 Å². The van der Waals surface area contributed by atoms with Gasteiger partial charge in [-0.15, -0.1) is 0 Å². The highest BCUT2D eigenvalue weighted by molar-refractivity contribution is 6.33. The number of carbonyl (C=O) groups excluding carboxylic acids is 1. The highest BCUT2D eigenvalue weighted by Gasteiger charge is 2.25. The Balaban J connectivity index is 2.09. The number of halogens is 1. The molecule has 2 atom stereocenters. The summed E-state index contributed by atoms with van der Waals surface area (Å²) in [6.07, 6.45) is 2.96. The second-order valence-corrected chi connectivity index (χ2v) is 5.00. The van der Waals surface area contributed by atoms with E-state index in [1.165, 1.54) is 18.2 Å². The molecule has 1 aliphatic carbocycles. The second-order valence-electron chi connectivity index (χ2n) is 4.60. The zero-order valence-corrected chi connectivity index (χ0v) is 10.7. The first-order valence-corrected chi connectivity index (χ1v) is 6.43. The summed E-state index contributed by atoms with van der Waals surface area (Å²) in [5.41, 5.74) is 0.231. The molecule has 0 unspecified atom stereocenters. The Morgan fingerprint density at radius 1 is 1.33 bits per heavy atom. The first kappa shape index (κ1) is 13.2. The Hall–Kier alpha value is -1.26. The molecular weight excluding hydrogens is 254 g/mol. The molecule has 2 rings (SSSR count).